The lowest BCUT2D eigenvalue weighted by Crippen LogP contribution is -2.45. The molecular weight excluding hydrogens is 370 g/mol. The number of thiocarbonyl (C=S) groups is 1. The van der Waals surface area contributed by atoms with Crippen LogP contribution in [-0.4, -0.2) is 40.8 Å². The fraction of sp³-hybridized carbons (Fsp3) is 0.545. The average Bonchev–Trinajstić information content (AvgIpc) is 3.20. The van der Waals surface area contributed by atoms with Crippen molar-refractivity contribution in [2.45, 2.75) is 58.5 Å². The lowest BCUT2D eigenvalue weighted by Gasteiger charge is -2.31. The molecule has 5 nitrogen and oxygen atoms in total. The minimum absolute atomic E-state index is 0.0276. The van der Waals surface area contributed by atoms with Gasteiger partial charge in [-0.2, -0.15) is 0 Å². The molecule has 1 aromatic carbocycles. The van der Waals surface area contributed by atoms with E-state index >= 15 is 0 Å². The van der Waals surface area contributed by atoms with Crippen LogP contribution in [0.2, 0.25) is 0 Å². The van der Waals surface area contributed by atoms with Crippen molar-refractivity contribution in [3.8, 4) is 0 Å². The molecular formula is C22H31N3O2S. The Morgan fingerprint density at radius 1 is 1.32 bits per heavy atom. The van der Waals surface area contributed by atoms with Gasteiger partial charge in [-0.15, -0.1) is 0 Å². The summed E-state index contributed by atoms with van der Waals surface area (Å²) >= 11 is 5.71. The van der Waals surface area contributed by atoms with Crippen molar-refractivity contribution < 1.29 is 4.74 Å². The molecule has 2 aromatic rings. The average molecular weight is 402 g/mol. The van der Waals surface area contributed by atoms with Crippen LogP contribution in [0.1, 0.15) is 50.2 Å². The SMILES string of the molecule is CCOCCCNC(=S)N(Cc1cc2ccc(C)cc2[nH]c1=O)C1CCCC1. The van der Waals surface area contributed by atoms with Gasteiger partial charge in [0.2, 0.25) is 0 Å². The maximum absolute atomic E-state index is 12.7. The Hall–Kier alpha value is -1.92. The molecule has 1 saturated carbocycles. The fourth-order valence-electron chi connectivity index (χ4n) is 3.86. The number of aromatic nitrogens is 1. The molecule has 28 heavy (non-hydrogen) atoms. The number of benzene rings is 1. The molecule has 1 aliphatic carbocycles. The van der Waals surface area contributed by atoms with E-state index in [2.05, 4.69) is 27.3 Å². The third-order valence-electron chi connectivity index (χ3n) is 5.39. The van der Waals surface area contributed by atoms with Crippen LogP contribution in [0.3, 0.4) is 0 Å². The highest BCUT2D eigenvalue weighted by Crippen LogP contribution is 2.25. The molecule has 0 unspecified atom stereocenters. The van der Waals surface area contributed by atoms with Crippen LogP contribution in [-0.2, 0) is 11.3 Å². The van der Waals surface area contributed by atoms with Gasteiger partial charge in [-0.3, -0.25) is 4.79 Å². The first-order valence-corrected chi connectivity index (χ1v) is 10.7. The number of ether oxygens (including phenoxy) is 1. The van der Waals surface area contributed by atoms with Gasteiger partial charge in [-0.1, -0.05) is 25.0 Å². The number of hydrogen-bond donors (Lipinski definition) is 2. The van der Waals surface area contributed by atoms with Crippen molar-refractivity contribution in [1.29, 1.82) is 0 Å². The third-order valence-corrected chi connectivity index (χ3v) is 5.77. The zero-order valence-corrected chi connectivity index (χ0v) is 17.7. The molecule has 0 saturated heterocycles. The quantitative estimate of drug-likeness (QED) is 0.519. The number of aromatic amines is 1. The summed E-state index contributed by atoms with van der Waals surface area (Å²) < 4.78 is 5.39. The van der Waals surface area contributed by atoms with Crippen molar-refractivity contribution in [2.75, 3.05) is 19.8 Å². The number of rotatable bonds is 8. The summed E-state index contributed by atoms with van der Waals surface area (Å²) in [7, 11) is 0. The van der Waals surface area contributed by atoms with Gasteiger partial charge in [0.1, 0.15) is 0 Å². The van der Waals surface area contributed by atoms with E-state index in [9.17, 15) is 4.79 Å². The predicted octanol–water partition coefficient (Wildman–Crippen LogP) is 3.88. The molecule has 0 bridgehead atoms. The Morgan fingerprint density at radius 3 is 2.86 bits per heavy atom. The lowest BCUT2D eigenvalue weighted by atomic mass is 10.1. The molecule has 152 valence electrons. The summed E-state index contributed by atoms with van der Waals surface area (Å²) in [6.07, 6.45) is 5.63. The monoisotopic (exact) mass is 401 g/mol. The first-order chi connectivity index (χ1) is 13.6. The van der Waals surface area contributed by atoms with E-state index in [4.69, 9.17) is 17.0 Å². The Morgan fingerprint density at radius 2 is 2.11 bits per heavy atom. The highest BCUT2D eigenvalue weighted by Gasteiger charge is 2.25. The summed E-state index contributed by atoms with van der Waals surface area (Å²) in [5.41, 5.74) is 2.76. The maximum Gasteiger partial charge on any atom is 0.253 e. The van der Waals surface area contributed by atoms with Gasteiger partial charge in [-0.25, -0.2) is 0 Å². The molecule has 1 fully saturated rings. The number of fused-ring (bicyclic) bond motifs is 1. The van der Waals surface area contributed by atoms with Crippen LogP contribution in [0, 0.1) is 6.92 Å². The highest BCUT2D eigenvalue weighted by atomic mass is 32.1. The van der Waals surface area contributed by atoms with Gasteiger partial charge in [0.05, 0.1) is 6.54 Å². The molecule has 2 N–H and O–H groups in total. The normalized spacial score (nSPS) is 14.5. The first kappa shape index (κ1) is 20.8. The second-order valence-electron chi connectivity index (χ2n) is 7.56. The molecule has 0 aliphatic heterocycles. The van der Waals surface area contributed by atoms with Crippen molar-refractivity contribution in [2.24, 2.45) is 0 Å². The molecule has 0 amide bonds. The van der Waals surface area contributed by atoms with Gasteiger partial charge in [0.25, 0.3) is 5.56 Å². The van der Waals surface area contributed by atoms with Crippen molar-refractivity contribution >= 4 is 28.2 Å². The molecule has 0 spiro atoms. The third kappa shape index (κ3) is 5.32. The maximum atomic E-state index is 12.7. The predicted molar refractivity (Wildman–Crippen MR) is 119 cm³/mol. The van der Waals surface area contributed by atoms with Crippen molar-refractivity contribution in [1.82, 2.24) is 15.2 Å². The molecule has 1 aromatic heterocycles. The van der Waals surface area contributed by atoms with Crippen LogP contribution in [0.25, 0.3) is 10.9 Å². The summed E-state index contributed by atoms with van der Waals surface area (Å²) in [5, 5.41) is 5.17. The second kappa shape index (κ2) is 10.0. The van der Waals surface area contributed by atoms with E-state index in [0.29, 0.717) is 12.6 Å². The van der Waals surface area contributed by atoms with Gasteiger partial charge >= 0.3 is 0 Å². The van der Waals surface area contributed by atoms with Gasteiger partial charge < -0.3 is 19.9 Å². The number of H-pyrrole nitrogens is 1. The van der Waals surface area contributed by atoms with Crippen LogP contribution in [0.4, 0.5) is 0 Å². The van der Waals surface area contributed by atoms with Crippen LogP contribution in [0.15, 0.2) is 29.1 Å². The van der Waals surface area contributed by atoms with Crippen molar-refractivity contribution in [3.05, 3.63) is 45.7 Å². The molecule has 0 atom stereocenters. The molecule has 0 radical (unpaired) electrons. The number of nitrogens with one attached hydrogen (secondary N) is 2. The van der Waals surface area contributed by atoms with E-state index < -0.39 is 0 Å². The largest absolute Gasteiger partial charge is 0.382 e. The van der Waals surface area contributed by atoms with Gasteiger partial charge in [0.15, 0.2) is 5.11 Å². The fourth-order valence-corrected chi connectivity index (χ4v) is 4.17. The molecule has 3 rings (SSSR count). The Bertz CT molecular complexity index is 858. The molecule has 6 heteroatoms. The van der Waals surface area contributed by atoms with E-state index in [0.717, 1.165) is 66.2 Å². The number of nitrogens with zero attached hydrogens (tertiary/aromatic N) is 1. The summed E-state index contributed by atoms with van der Waals surface area (Å²) in [4.78, 5) is 17.9. The van der Waals surface area contributed by atoms with E-state index in [1.807, 2.05) is 26.0 Å². The van der Waals surface area contributed by atoms with Crippen LogP contribution < -0.4 is 10.9 Å². The summed E-state index contributed by atoms with van der Waals surface area (Å²) in [5.74, 6) is 0. The number of pyridine rings is 1. The smallest absolute Gasteiger partial charge is 0.253 e. The Balaban J connectivity index is 1.74. The topological polar surface area (TPSA) is 57.4 Å². The minimum Gasteiger partial charge on any atom is -0.382 e. The summed E-state index contributed by atoms with van der Waals surface area (Å²) in [6, 6.07) is 8.56. The van der Waals surface area contributed by atoms with Gasteiger partial charge in [-0.05, 0) is 68.4 Å². The summed E-state index contributed by atoms with van der Waals surface area (Å²) in [6.45, 7) is 6.84. The lowest BCUT2D eigenvalue weighted by molar-refractivity contribution is 0.145. The Labute approximate surface area is 172 Å². The molecule has 1 heterocycles. The zero-order chi connectivity index (χ0) is 19.9. The number of hydrogen-bond acceptors (Lipinski definition) is 3. The van der Waals surface area contributed by atoms with E-state index in [-0.39, 0.29) is 5.56 Å². The van der Waals surface area contributed by atoms with E-state index in [1.54, 1.807) is 0 Å². The minimum atomic E-state index is -0.0276. The van der Waals surface area contributed by atoms with Crippen LogP contribution in [0.5, 0.6) is 0 Å². The molecule has 1 aliphatic rings. The Kier molecular flexibility index (Phi) is 7.45. The van der Waals surface area contributed by atoms with Crippen molar-refractivity contribution in [3.63, 3.8) is 0 Å². The van der Waals surface area contributed by atoms with E-state index in [1.165, 1.54) is 12.8 Å². The van der Waals surface area contributed by atoms with Crippen LogP contribution >= 0.6 is 12.2 Å². The second-order valence-corrected chi connectivity index (χ2v) is 7.95. The standard InChI is InChI=1S/C22H31N3O2S/c1-3-27-12-6-11-23-22(28)25(19-7-4-5-8-19)15-18-14-17-10-9-16(2)13-20(17)24-21(18)26/h9-10,13-14,19H,3-8,11-12,15H2,1-2H3,(H,23,28)(H,24,26). The first-order valence-electron chi connectivity index (χ1n) is 10.3. The van der Waals surface area contributed by atoms with Gasteiger partial charge in [0, 0.05) is 36.9 Å². The highest BCUT2D eigenvalue weighted by molar-refractivity contribution is 7.80. The number of aryl methyl sites for hydroxylation is 1. The zero-order valence-electron chi connectivity index (χ0n) is 16.9.